The summed E-state index contributed by atoms with van der Waals surface area (Å²) in [5, 5.41) is 20.9. The lowest BCUT2D eigenvalue weighted by atomic mass is 9.61. The number of hydrogen-bond donors (Lipinski definition) is 2. The fraction of sp³-hybridized carbons (Fsp3) is 0.733. The van der Waals surface area contributed by atoms with Gasteiger partial charge in [0.2, 0.25) is 0 Å². The molecule has 2 bridgehead atoms. The monoisotopic (exact) mass is 328 g/mol. The third kappa shape index (κ3) is 1.39. The molecule has 1 heterocycles. The highest BCUT2D eigenvalue weighted by atomic mass is 79.9. The Hall–Kier alpha value is -0.160. The number of halogens is 1. The normalized spacial score (nSPS) is 55.6. The molecule has 2 aliphatic carbocycles. The van der Waals surface area contributed by atoms with Crippen LogP contribution in [0, 0.1) is 17.3 Å². The van der Waals surface area contributed by atoms with Crippen molar-refractivity contribution in [3.8, 4) is 0 Å². The van der Waals surface area contributed by atoms with Crippen molar-refractivity contribution in [2.45, 2.75) is 37.6 Å². The van der Waals surface area contributed by atoms with Crippen molar-refractivity contribution >= 4 is 15.9 Å². The molecule has 0 aromatic heterocycles. The molecule has 0 radical (unpaired) electrons. The quantitative estimate of drug-likeness (QED) is 0.602. The molecule has 0 unspecified atom stereocenters. The van der Waals surface area contributed by atoms with Gasteiger partial charge in [0.1, 0.15) is 0 Å². The van der Waals surface area contributed by atoms with Gasteiger partial charge >= 0.3 is 0 Å². The van der Waals surface area contributed by atoms with Gasteiger partial charge in [0.15, 0.2) is 0 Å². The summed E-state index contributed by atoms with van der Waals surface area (Å²) < 4.78 is 6.49. The van der Waals surface area contributed by atoms with Gasteiger partial charge in [-0.15, -0.1) is 0 Å². The van der Waals surface area contributed by atoms with E-state index >= 15 is 0 Å². The average molecular weight is 329 g/mol. The molecule has 106 valence electrons. The zero-order valence-corrected chi connectivity index (χ0v) is 13.0. The van der Waals surface area contributed by atoms with E-state index in [0.29, 0.717) is 11.8 Å². The van der Waals surface area contributed by atoms with Crippen LogP contribution in [0.25, 0.3) is 0 Å². The van der Waals surface area contributed by atoms with Crippen molar-refractivity contribution in [1.29, 1.82) is 0 Å². The Morgan fingerprint density at radius 3 is 2.79 bits per heavy atom. The molecule has 0 aromatic carbocycles. The highest BCUT2D eigenvalue weighted by Crippen LogP contribution is 2.66. The molecule has 1 aliphatic heterocycles. The minimum atomic E-state index is -0.555. The molecule has 1 spiro atoms. The first-order chi connectivity index (χ1) is 8.84. The zero-order valence-electron chi connectivity index (χ0n) is 11.4. The van der Waals surface area contributed by atoms with E-state index in [1.807, 2.05) is 0 Å². The van der Waals surface area contributed by atoms with Crippen molar-refractivity contribution in [1.82, 2.24) is 0 Å². The molecule has 1 saturated carbocycles. The number of aliphatic hydroxyl groups excluding tert-OH is 2. The summed E-state index contributed by atoms with van der Waals surface area (Å²) in [7, 11) is 0. The predicted molar refractivity (Wildman–Crippen MR) is 77.1 cm³/mol. The summed E-state index contributed by atoms with van der Waals surface area (Å²) in [5.41, 5.74) is -0.456. The molecule has 0 aromatic rings. The predicted octanol–water partition coefficient (Wildman–Crippen LogP) is 2.03. The van der Waals surface area contributed by atoms with Gasteiger partial charge in [0.25, 0.3) is 0 Å². The fourth-order valence-corrected chi connectivity index (χ4v) is 4.95. The second-order valence-corrected chi connectivity index (χ2v) is 7.12. The smallest absolute Gasteiger partial charge is 0.0900 e. The van der Waals surface area contributed by atoms with Crippen molar-refractivity contribution in [3.63, 3.8) is 0 Å². The molecule has 6 atom stereocenters. The molecule has 2 fully saturated rings. The van der Waals surface area contributed by atoms with Gasteiger partial charge in [-0.1, -0.05) is 34.7 Å². The van der Waals surface area contributed by atoms with Crippen LogP contribution in [0.5, 0.6) is 0 Å². The highest BCUT2D eigenvalue weighted by Gasteiger charge is 2.71. The second kappa shape index (κ2) is 3.94. The molecule has 3 aliphatic rings. The molecule has 1 saturated heterocycles. The Labute approximate surface area is 122 Å². The summed E-state index contributed by atoms with van der Waals surface area (Å²) >= 11 is 3.54. The van der Waals surface area contributed by atoms with E-state index in [-0.39, 0.29) is 24.0 Å². The van der Waals surface area contributed by atoms with Gasteiger partial charge in [-0.25, -0.2) is 0 Å². The fourth-order valence-electron chi connectivity index (χ4n) is 4.46. The molecule has 2 N–H and O–H groups in total. The molecule has 3 rings (SSSR count). The van der Waals surface area contributed by atoms with Crippen molar-refractivity contribution in [2.75, 3.05) is 11.9 Å². The molecular weight excluding hydrogens is 308 g/mol. The lowest BCUT2D eigenvalue weighted by Gasteiger charge is -2.45. The summed E-state index contributed by atoms with van der Waals surface area (Å²) in [6, 6.07) is 0. The van der Waals surface area contributed by atoms with Crippen LogP contribution in [-0.2, 0) is 4.74 Å². The van der Waals surface area contributed by atoms with E-state index in [9.17, 15) is 10.2 Å². The van der Waals surface area contributed by atoms with Crippen LogP contribution in [0.3, 0.4) is 0 Å². The highest BCUT2D eigenvalue weighted by molar-refractivity contribution is 9.09. The number of fused-ring (bicyclic) bond motifs is 1. The van der Waals surface area contributed by atoms with Gasteiger partial charge in [0.05, 0.1) is 17.3 Å². The first-order valence-electron chi connectivity index (χ1n) is 6.78. The maximum atomic E-state index is 10.3. The molecule has 4 heteroatoms. The van der Waals surface area contributed by atoms with Crippen LogP contribution in [0.1, 0.15) is 20.3 Å². The number of ether oxygens (including phenoxy) is 1. The van der Waals surface area contributed by atoms with E-state index in [1.54, 1.807) is 0 Å². The lowest BCUT2D eigenvalue weighted by Crippen LogP contribution is -2.50. The molecule has 3 nitrogen and oxygen atoms in total. The zero-order chi connectivity index (χ0) is 14.1. The largest absolute Gasteiger partial charge is 0.396 e. The Balaban J connectivity index is 2.18. The van der Waals surface area contributed by atoms with Gasteiger partial charge < -0.3 is 14.9 Å². The van der Waals surface area contributed by atoms with E-state index in [0.717, 1.165) is 5.57 Å². The topological polar surface area (TPSA) is 49.7 Å². The Bertz CT molecular complexity index is 462. The molecule has 0 amide bonds. The van der Waals surface area contributed by atoms with Crippen LogP contribution in [0.2, 0.25) is 0 Å². The molecular formula is C15H21BrO3. The van der Waals surface area contributed by atoms with Crippen LogP contribution >= 0.6 is 15.9 Å². The van der Waals surface area contributed by atoms with E-state index in [2.05, 4.69) is 48.5 Å². The minimum Gasteiger partial charge on any atom is -0.396 e. The van der Waals surface area contributed by atoms with Gasteiger partial charge in [-0.2, -0.15) is 0 Å². The maximum absolute atomic E-state index is 10.3. The van der Waals surface area contributed by atoms with Crippen LogP contribution in [-0.4, -0.2) is 39.5 Å². The van der Waals surface area contributed by atoms with Gasteiger partial charge in [0, 0.05) is 35.6 Å². The summed E-state index contributed by atoms with van der Waals surface area (Å²) in [5.74, 6) is 0.182. The third-order valence-electron chi connectivity index (χ3n) is 5.70. The Morgan fingerprint density at radius 2 is 2.21 bits per heavy atom. The summed E-state index contributed by atoms with van der Waals surface area (Å²) in [6.45, 7) is 8.29. The van der Waals surface area contributed by atoms with Crippen LogP contribution in [0.4, 0.5) is 0 Å². The van der Waals surface area contributed by atoms with Crippen molar-refractivity contribution < 1.29 is 14.9 Å². The summed E-state index contributed by atoms with van der Waals surface area (Å²) in [6.07, 6.45) is 4.25. The van der Waals surface area contributed by atoms with Gasteiger partial charge in [-0.05, 0) is 19.4 Å². The third-order valence-corrected chi connectivity index (χ3v) is 6.81. The first kappa shape index (κ1) is 13.8. The van der Waals surface area contributed by atoms with Crippen LogP contribution < -0.4 is 0 Å². The van der Waals surface area contributed by atoms with Crippen molar-refractivity contribution in [2.24, 2.45) is 17.3 Å². The summed E-state index contributed by atoms with van der Waals surface area (Å²) in [4.78, 5) is 0. The van der Waals surface area contributed by atoms with Crippen LogP contribution in [0.15, 0.2) is 24.3 Å². The van der Waals surface area contributed by atoms with Crippen molar-refractivity contribution in [3.05, 3.63) is 24.3 Å². The standard InChI is InChI=1S/C15H21BrO3/c1-9-12(18)6-15-11(7-17)10(4-5-13(9,15)2)14(3,8-16)19-15/h4-5,10-12,17-18H,1,6-8H2,2-3H3/t10-,11+,12-,13+,14-,15-/m1/s1. The van der Waals surface area contributed by atoms with E-state index in [1.165, 1.54) is 0 Å². The average Bonchev–Trinajstić information content (AvgIpc) is 2.70. The van der Waals surface area contributed by atoms with E-state index in [4.69, 9.17) is 4.74 Å². The Morgan fingerprint density at radius 1 is 1.53 bits per heavy atom. The number of alkyl halides is 1. The maximum Gasteiger partial charge on any atom is 0.0900 e. The first-order valence-corrected chi connectivity index (χ1v) is 7.90. The van der Waals surface area contributed by atoms with Gasteiger partial charge in [-0.3, -0.25) is 0 Å². The number of hydrogen-bond acceptors (Lipinski definition) is 3. The number of rotatable bonds is 2. The number of aliphatic hydroxyl groups is 2. The molecule has 19 heavy (non-hydrogen) atoms. The van der Waals surface area contributed by atoms with E-state index < -0.39 is 17.1 Å². The SMILES string of the molecule is C=C1[C@H](O)C[C@]23O[C@](C)(CBr)[C@H](C=C[C@@]12C)[C@@H]3CO. The lowest BCUT2D eigenvalue weighted by molar-refractivity contribution is -0.135. The minimum absolute atomic E-state index is 0.0129. The second-order valence-electron chi connectivity index (χ2n) is 6.56. The Kier molecular flexibility index (Phi) is 2.86.